The predicted molar refractivity (Wildman–Crippen MR) is 102 cm³/mol. The summed E-state index contributed by atoms with van der Waals surface area (Å²) in [5, 5.41) is 11.4. The van der Waals surface area contributed by atoms with Gasteiger partial charge in [0.15, 0.2) is 0 Å². The first kappa shape index (κ1) is 16.6. The number of benzene rings is 3. The van der Waals surface area contributed by atoms with Gasteiger partial charge in [-0.25, -0.2) is 0 Å². The van der Waals surface area contributed by atoms with Crippen molar-refractivity contribution in [3.8, 4) is 11.1 Å². The van der Waals surface area contributed by atoms with Gasteiger partial charge in [-0.1, -0.05) is 60.7 Å². The lowest BCUT2D eigenvalue weighted by atomic mass is 9.94. The van der Waals surface area contributed by atoms with Crippen LogP contribution in [0.15, 0.2) is 60.7 Å². The molecular formula is C20H20NO2P. The molecule has 0 aromatic heterocycles. The molecule has 122 valence electrons. The average molecular weight is 337 g/mol. The second-order valence-corrected chi connectivity index (χ2v) is 6.33. The molecule has 0 aliphatic carbocycles. The van der Waals surface area contributed by atoms with Crippen LogP contribution in [0.4, 0.5) is 0 Å². The van der Waals surface area contributed by atoms with Crippen molar-refractivity contribution in [3.05, 3.63) is 71.8 Å². The molecule has 0 heterocycles. The smallest absolute Gasteiger partial charge is 0.320 e. The Balaban J connectivity index is 2.11. The van der Waals surface area contributed by atoms with Crippen LogP contribution < -0.4 is 5.73 Å². The van der Waals surface area contributed by atoms with Crippen LogP contribution in [0.25, 0.3) is 21.9 Å². The number of aliphatic carboxylic acids is 1. The number of hydrogen-bond donors (Lipinski definition) is 2. The zero-order chi connectivity index (χ0) is 17.1. The molecule has 0 aliphatic rings. The Morgan fingerprint density at radius 2 is 1.75 bits per heavy atom. The SMILES string of the molecule is NC(Cc1cc(CP)cc(-c2cccc3ccccc23)c1)C(=O)O. The normalized spacial score (nSPS) is 12.2. The molecule has 3 N–H and O–H groups in total. The van der Waals surface area contributed by atoms with Crippen molar-refractivity contribution >= 4 is 26.0 Å². The topological polar surface area (TPSA) is 63.3 Å². The highest BCUT2D eigenvalue weighted by Gasteiger charge is 2.14. The number of hydrogen-bond acceptors (Lipinski definition) is 2. The molecule has 0 amide bonds. The van der Waals surface area contributed by atoms with E-state index in [2.05, 4.69) is 45.6 Å². The van der Waals surface area contributed by atoms with E-state index in [0.717, 1.165) is 28.4 Å². The molecule has 2 atom stereocenters. The van der Waals surface area contributed by atoms with E-state index < -0.39 is 12.0 Å². The molecule has 0 aliphatic heterocycles. The van der Waals surface area contributed by atoms with Gasteiger partial charge in [-0.15, -0.1) is 9.24 Å². The van der Waals surface area contributed by atoms with Crippen LogP contribution in [-0.2, 0) is 17.4 Å². The minimum Gasteiger partial charge on any atom is -0.480 e. The van der Waals surface area contributed by atoms with Gasteiger partial charge < -0.3 is 10.8 Å². The van der Waals surface area contributed by atoms with Gasteiger partial charge in [0.2, 0.25) is 0 Å². The molecule has 0 bridgehead atoms. The molecule has 0 radical (unpaired) electrons. The molecule has 3 nitrogen and oxygen atoms in total. The van der Waals surface area contributed by atoms with Crippen molar-refractivity contribution in [1.82, 2.24) is 0 Å². The van der Waals surface area contributed by atoms with Crippen LogP contribution in [0.5, 0.6) is 0 Å². The summed E-state index contributed by atoms with van der Waals surface area (Å²) >= 11 is 0. The predicted octanol–water partition coefficient (Wildman–Crippen LogP) is 3.84. The third-order valence-corrected chi connectivity index (χ3v) is 4.63. The van der Waals surface area contributed by atoms with Gasteiger partial charge in [0.05, 0.1) is 0 Å². The summed E-state index contributed by atoms with van der Waals surface area (Å²) in [6.45, 7) is 0. The van der Waals surface area contributed by atoms with E-state index in [-0.39, 0.29) is 0 Å². The van der Waals surface area contributed by atoms with Gasteiger partial charge >= 0.3 is 5.97 Å². The summed E-state index contributed by atoms with van der Waals surface area (Å²) in [4.78, 5) is 11.1. The van der Waals surface area contributed by atoms with E-state index in [9.17, 15) is 4.79 Å². The van der Waals surface area contributed by atoms with Crippen molar-refractivity contribution in [3.63, 3.8) is 0 Å². The summed E-state index contributed by atoms with van der Waals surface area (Å²) < 4.78 is 0. The molecule has 0 fully saturated rings. The van der Waals surface area contributed by atoms with Crippen LogP contribution in [-0.4, -0.2) is 17.1 Å². The van der Waals surface area contributed by atoms with Crippen molar-refractivity contribution < 1.29 is 9.90 Å². The van der Waals surface area contributed by atoms with Crippen LogP contribution in [0, 0.1) is 0 Å². The van der Waals surface area contributed by atoms with Crippen LogP contribution in [0.2, 0.25) is 0 Å². The van der Waals surface area contributed by atoms with Crippen molar-refractivity contribution in [2.45, 2.75) is 18.6 Å². The summed E-state index contributed by atoms with van der Waals surface area (Å²) in [5.74, 6) is -0.974. The summed E-state index contributed by atoms with van der Waals surface area (Å²) in [5.41, 5.74) is 10.1. The fourth-order valence-corrected chi connectivity index (χ4v) is 3.21. The molecule has 3 rings (SSSR count). The minimum atomic E-state index is -0.974. The summed E-state index contributed by atoms with van der Waals surface area (Å²) in [6.07, 6.45) is 1.14. The van der Waals surface area contributed by atoms with Gasteiger partial charge in [0.25, 0.3) is 0 Å². The molecule has 2 unspecified atom stereocenters. The highest BCUT2D eigenvalue weighted by molar-refractivity contribution is 7.15. The highest BCUT2D eigenvalue weighted by atomic mass is 31.0. The maximum Gasteiger partial charge on any atom is 0.320 e. The molecular weight excluding hydrogens is 317 g/mol. The highest BCUT2D eigenvalue weighted by Crippen LogP contribution is 2.30. The van der Waals surface area contributed by atoms with Crippen molar-refractivity contribution in [2.75, 3.05) is 0 Å². The maximum atomic E-state index is 11.1. The standard InChI is InChI=1S/C20H20NO2P/c21-19(20(22)23)11-13-8-14(12-24)10-16(9-13)18-7-3-5-15-4-1-2-6-17(15)18/h1-10,19H,11-12,21,24H2,(H,22,23). The summed E-state index contributed by atoms with van der Waals surface area (Å²) in [7, 11) is 2.72. The first-order valence-corrected chi connectivity index (χ1v) is 8.69. The maximum absolute atomic E-state index is 11.1. The monoisotopic (exact) mass is 337 g/mol. The van der Waals surface area contributed by atoms with Gasteiger partial charge in [0.1, 0.15) is 6.04 Å². The van der Waals surface area contributed by atoms with E-state index in [1.807, 2.05) is 24.3 Å². The third-order valence-electron chi connectivity index (χ3n) is 4.16. The quantitative estimate of drug-likeness (QED) is 0.696. The zero-order valence-electron chi connectivity index (χ0n) is 13.3. The molecule has 4 heteroatoms. The van der Waals surface area contributed by atoms with E-state index >= 15 is 0 Å². The second kappa shape index (κ2) is 7.12. The molecule has 24 heavy (non-hydrogen) atoms. The van der Waals surface area contributed by atoms with Gasteiger partial charge in [0, 0.05) is 0 Å². The molecule has 3 aromatic rings. The molecule has 0 saturated heterocycles. The Bertz CT molecular complexity index is 886. The zero-order valence-corrected chi connectivity index (χ0v) is 14.4. The Morgan fingerprint density at radius 3 is 2.50 bits per heavy atom. The van der Waals surface area contributed by atoms with Crippen molar-refractivity contribution in [1.29, 1.82) is 0 Å². The van der Waals surface area contributed by atoms with E-state index in [0.29, 0.717) is 6.42 Å². The lowest BCUT2D eigenvalue weighted by Gasteiger charge is -2.13. The number of carbonyl (C=O) groups is 1. The Kier molecular flexibility index (Phi) is 4.94. The number of rotatable bonds is 5. The van der Waals surface area contributed by atoms with Gasteiger partial charge in [-0.3, -0.25) is 4.79 Å². The lowest BCUT2D eigenvalue weighted by Crippen LogP contribution is -2.32. The second-order valence-electron chi connectivity index (χ2n) is 5.92. The lowest BCUT2D eigenvalue weighted by molar-refractivity contribution is -0.138. The number of carboxylic acids is 1. The Morgan fingerprint density at radius 1 is 1.04 bits per heavy atom. The van der Waals surface area contributed by atoms with E-state index in [4.69, 9.17) is 10.8 Å². The fourth-order valence-electron chi connectivity index (χ4n) is 2.97. The van der Waals surface area contributed by atoms with Crippen molar-refractivity contribution in [2.24, 2.45) is 5.73 Å². The first-order valence-electron chi connectivity index (χ1n) is 7.88. The van der Waals surface area contributed by atoms with Gasteiger partial charge in [-0.05, 0) is 45.6 Å². The molecule has 3 aromatic carbocycles. The Hall–Kier alpha value is -2.22. The number of nitrogens with two attached hydrogens (primary N) is 1. The van der Waals surface area contributed by atoms with Crippen LogP contribution in [0.1, 0.15) is 11.1 Å². The first-order chi connectivity index (χ1) is 11.6. The van der Waals surface area contributed by atoms with Gasteiger partial charge in [-0.2, -0.15) is 0 Å². The van der Waals surface area contributed by atoms with E-state index in [1.165, 1.54) is 10.8 Å². The Labute approximate surface area is 143 Å². The van der Waals surface area contributed by atoms with Crippen LogP contribution >= 0.6 is 9.24 Å². The van der Waals surface area contributed by atoms with Crippen LogP contribution in [0.3, 0.4) is 0 Å². The summed E-state index contributed by atoms with van der Waals surface area (Å²) in [6, 6.07) is 19.9. The number of carboxylic acid groups (broad SMARTS) is 1. The third kappa shape index (κ3) is 3.48. The average Bonchev–Trinajstić information content (AvgIpc) is 2.60. The number of fused-ring (bicyclic) bond motifs is 1. The largest absolute Gasteiger partial charge is 0.480 e. The van der Waals surface area contributed by atoms with E-state index in [1.54, 1.807) is 0 Å². The minimum absolute atomic E-state index is 0.325. The molecule has 0 saturated carbocycles. The fraction of sp³-hybridized carbons (Fsp3) is 0.150. The molecule has 0 spiro atoms.